The number of hydrogen-bond donors (Lipinski definition) is 2. The van der Waals surface area contributed by atoms with Crippen molar-refractivity contribution >= 4 is 5.69 Å². The van der Waals surface area contributed by atoms with Gasteiger partial charge in [0, 0.05) is 12.2 Å². The molecule has 0 bridgehead atoms. The van der Waals surface area contributed by atoms with E-state index in [2.05, 4.69) is 5.32 Å². The van der Waals surface area contributed by atoms with E-state index < -0.39 is 17.8 Å². The molecule has 5 heteroatoms. The lowest BCUT2D eigenvalue weighted by Gasteiger charge is -2.14. The second-order valence-corrected chi connectivity index (χ2v) is 3.76. The van der Waals surface area contributed by atoms with Crippen LogP contribution >= 0.6 is 0 Å². The molecule has 16 heavy (non-hydrogen) atoms. The highest BCUT2D eigenvalue weighted by Gasteiger charge is 2.32. The highest BCUT2D eigenvalue weighted by atomic mass is 19.4. The average molecular weight is 233 g/mol. The minimum absolute atomic E-state index is 0.190. The molecular weight excluding hydrogens is 219 g/mol. The zero-order chi connectivity index (χ0) is 12.3. The Morgan fingerprint density at radius 1 is 1.38 bits per heavy atom. The van der Waals surface area contributed by atoms with Crippen LogP contribution in [-0.2, 0) is 6.18 Å². The smallest absolute Gasteiger partial charge is 0.392 e. The van der Waals surface area contributed by atoms with Crippen LogP contribution in [0.2, 0.25) is 0 Å². The van der Waals surface area contributed by atoms with E-state index in [4.69, 9.17) is 5.11 Å². The van der Waals surface area contributed by atoms with Crippen LogP contribution in [0.5, 0.6) is 0 Å². The van der Waals surface area contributed by atoms with Gasteiger partial charge in [0.2, 0.25) is 0 Å². The van der Waals surface area contributed by atoms with Crippen molar-refractivity contribution in [1.82, 2.24) is 0 Å². The summed E-state index contributed by atoms with van der Waals surface area (Å²) in [6.07, 6.45) is -4.94. The molecule has 0 aliphatic heterocycles. The minimum atomic E-state index is -4.34. The predicted octanol–water partition coefficient (Wildman–Crippen LogP) is 2.81. The van der Waals surface area contributed by atoms with Gasteiger partial charge >= 0.3 is 6.18 Å². The van der Waals surface area contributed by atoms with Gasteiger partial charge in [-0.25, -0.2) is 0 Å². The molecule has 0 aliphatic rings. The van der Waals surface area contributed by atoms with Gasteiger partial charge in [0.25, 0.3) is 0 Å². The Kier molecular flexibility index (Phi) is 3.80. The van der Waals surface area contributed by atoms with E-state index >= 15 is 0 Å². The van der Waals surface area contributed by atoms with Gasteiger partial charge in [-0.05, 0) is 31.5 Å². The third kappa shape index (κ3) is 3.41. The number of halogens is 3. The van der Waals surface area contributed by atoms with Crippen molar-refractivity contribution in [2.75, 3.05) is 11.9 Å². The molecule has 1 rings (SSSR count). The largest absolute Gasteiger partial charge is 0.416 e. The number of hydrogen-bond acceptors (Lipinski definition) is 2. The number of aryl methyl sites for hydroxylation is 1. The monoisotopic (exact) mass is 233 g/mol. The Hall–Kier alpha value is -1.23. The highest BCUT2D eigenvalue weighted by molar-refractivity contribution is 5.49. The van der Waals surface area contributed by atoms with Crippen molar-refractivity contribution in [2.45, 2.75) is 26.1 Å². The molecule has 0 heterocycles. The van der Waals surface area contributed by atoms with Gasteiger partial charge < -0.3 is 10.4 Å². The Balaban J connectivity index is 2.90. The molecule has 0 saturated carbocycles. The van der Waals surface area contributed by atoms with E-state index in [-0.39, 0.29) is 12.1 Å². The number of rotatable bonds is 3. The first kappa shape index (κ1) is 12.8. The van der Waals surface area contributed by atoms with Crippen LogP contribution in [0.15, 0.2) is 18.2 Å². The number of alkyl halides is 3. The van der Waals surface area contributed by atoms with Crippen molar-refractivity contribution in [3.8, 4) is 0 Å². The topological polar surface area (TPSA) is 32.3 Å². The maximum Gasteiger partial charge on any atom is 0.416 e. The molecule has 0 radical (unpaired) electrons. The molecule has 0 saturated heterocycles. The van der Waals surface area contributed by atoms with Gasteiger partial charge in [-0.15, -0.1) is 0 Å². The lowest BCUT2D eigenvalue weighted by atomic mass is 10.1. The quantitative estimate of drug-likeness (QED) is 0.841. The Morgan fingerprint density at radius 2 is 2.00 bits per heavy atom. The first-order valence-electron chi connectivity index (χ1n) is 4.90. The molecule has 90 valence electrons. The average Bonchev–Trinajstić information content (AvgIpc) is 2.14. The number of aliphatic hydroxyl groups excluding tert-OH is 1. The van der Waals surface area contributed by atoms with Gasteiger partial charge in [-0.3, -0.25) is 0 Å². The molecule has 0 aliphatic carbocycles. The first-order valence-corrected chi connectivity index (χ1v) is 4.90. The fourth-order valence-electron chi connectivity index (χ4n) is 1.30. The summed E-state index contributed by atoms with van der Waals surface area (Å²) in [6.45, 7) is 3.20. The van der Waals surface area contributed by atoms with Gasteiger partial charge in [-0.2, -0.15) is 13.2 Å². The fourth-order valence-corrected chi connectivity index (χ4v) is 1.30. The van der Waals surface area contributed by atoms with Crippen molar-refractivity contribution in [1.29, 1.82) is 0 Å². The maximum atomic E-state index is 12.6. The minimum Gasteiger partial charge on any atom is -0.392 e. The van der Waals surface area contributed by atoms with Crippen LogP contribution in [0.4, 0.5) is 18.9 Å². The van der Waals surface area contributed by atoms with Gasteiger partial charge in [0.15, 0.2) is 0 Å². The molecule has 0 unspecified atom stereocenters. The van der Waals surface area contributed by atoms with Crippen molar-refractivity contribution in [3.05, 3.63) is 29.3 Å². The molecule has 0 aromatic heterocycles. The first-order chi connectivity index (χ1) is 7.30. The zero-order valence-electron chi connectivity index (χ0n) is 9.10. The molecular formula is C11H14F3NO. The van der Waals surface area contributed by atoms with E-state index in [9.17, 15) is 13.2 Å². The summed E-state index contributed by atoms with van der Waals surface area (Å²) in [5.41, 5.74) is -0.1000. The van der Waals surface area contributed by atoms with Gasteiger partial charge in [0.1, 0.15) is 0 Å². The van der Waals surface area contributed by atoms with Crippen molar-refractivity contribution in [2.24, 2.45) is 0 Å². The second kappa shape index (κ2) is 4.74. The molecule has 1 aromatic rings. The Morgan fingerprint density at radius 3 is 2.50 bits per heavy atom. The number of aliphatic hydroxyl groups is 1. The zero-order valence-corrected chi connectivity index (χ0v) is 9.10. The summed E-state index contributed by atoms with van der Waals surface area (Å²) in [7, 11) is 0. The molecule has 0 spiro atoms. The molecule has 2 N–H and O–H groups in total. The van der Waals surface area contributed by atoms with Crippen LogP contribution in [-0.4, -0.2) is 17.8 Å². The van der Waals surface area contributed by atoms with Gasteiger partial charge in [0.05, 0.1) is 11.7 Å². The second-order valence-electron chi connectivity index (χ2n) is 3.76. The van der Waals surface area contributed by atoms with E-state index in [0.717, 1.165) is 6.07 Å². The standard InChI is InChI=1S/C11H14F3NO/c1-7-3-4-9(15-6-8(2)16)5-10(7)11(12,13)14/h3-5,8,15-16H,6H2,1-2H3/t8-/m1/s1. The summed E-state index contributed by atoms with van der Waals surface area (Å²) < 4.78 is 37.7. The third-order valence-electron chi connectivity index (χ3n) is 2.14. The Labute approximate surface area is 92.1 Å². The van der Waals surface area contributed by atoms with Crippen LogP contribution in [0.3, 0.4) is 0 Å². The molecule has 2 nitrogen and oxygen atoms in total. The predicted molar refractivity (Wildman–Crippen MR) is 56.4 cm³/mol. The fraction of sp³-hybridized carbons (Fsp3) is 0.455. The van der Waals surface area contributed by atoms with Crippen LogP contribution in [0.1, 0.15) is 18.1 Å². The molecule has 1 aromatic carbocycles. The molecule has 0 amide bonds. The SMILES string of the molecule is Cc1ccc(NC[C@@H](C)O)cc1C(F)(F)F. The van der Waals surface area contributed by atoms with Gasteiger partial charge in [-0.1, -0.05) is 6.07 Å². The summed E-state index contributed by atoms with van der Waals surface area (Å²) in [6, 6.07) is 4.03. The van der Waals surface area contributed by atoms with E-state index in [1.165, 1.54) is 13.0 Å². The number of nitrogens with one attached hydrogen (secondary N) is 1. The molecule has 0 fully saturated rings. The summed E-state index contributed by atoms with van der Waals surface area (Å²) >= 11 is 0. The van der Waals surface area contributed by atoms with Crippen LogP contribution in [0.25, 0.3) is 0 Å². The van der Waals surface area contributed by atoms with Crippen LogP contribution in [0, 0.1) is 6.92 Å². The third-order valence-corrected chi connectivity index (χ3v) is 2.14. The van der Waals surface area contributed by atoms with Crippen molar-refractivity contribution in [3.63, 3.8) is 0 Å². The van der Waals surface area contributed by atoms with E-state index in [0.29, 0.717) is 5.69 Å². The summed E-state index contributed by atoms with van der Waals surface area (Å²) in [5, 5.41) is 11.7. The lowest BCUT2D eigenvalue weighted by Crippen LogP contribution is -2.16. The maximum absolute atomic E-state index is 12.6. The van der Waals surface area contributed by atoms with Crippen LogP contribution < -0.4 is 5.32 Å². The number of anilines is 1. The summed E-state index contributed by atoms with van der Waals surface area (Å²) in [4.78, 5) is 0. The highest BCUT2D eigenvalue weighted by Crippen LogP contribution is 2.33. The molecule has 1 atom stereocenters. The van der Waals surface area contributed by atoms with E-state index in [1.807, 2.05) is 0 Å². The number of benzene rings is 1. The summed E-state index contributed by atoms with van der Waals surface area (Å²) in [5.74, 6) is 0. The van der Waals surface area contributed by atoms with E-state index in [1.54, 1.807) is 13.0 Å². The Bertz CT molecular complexity index is 361. The lowest BCUT2D eigenvalue weighted by molar-refractivity contribution is -0.138. The normalized spacial score (nSPS) is 13.6. The van der Waals surface area contributed by atoms with Crippen molar-refractivity contribution < 1.29 is 18.3 Å².